The second-order valence-corrected chi connectivity index (χ2v) is 12.1. The minimum atomic E-state index is -3.66. The summed E-state index contributed by atoms with van der Waals surface area (Å²) in [5, 5.41) is 2.88. The highest BCUT2D eigenvalue weighted by molar-refractivity contribution is 7.89. The third-order valence-electron chi connectivity index (χ3n) is 7.18. The van der Waals surface area contributed by atoms with Gasteiger partial charge in [-0.15, -0.1) is 0 Å². The van der Waals surface area contributed by atoms with Crippen molar-refractivity contribution in [1.29, 1.82) is 0 Å². The quantitative estimate of drug-likeness (QED) is 0.256. The third-order valence-corrected chi connectivity index (χ3v) is 9.10. The number of morpholine rings is 1. The highest BCUT2D eigenvalue weighted by Gasteiger charge is 2.31. The summed E-state index contributed by atoms with van der Waals surface area (Å²) < 4.78 is 48.8. The van der Waals surface area contributed by atoms with E-state index in [-0.39, 0.29) is 30.4 Å². The van der Waals surface area contributed by atoms with Gasteiger partial charge in [0.1, 0.15) is 17.5 Å². The number of sulfonamides is 1. The van der Waals surface area contributed by atoms with Crippen LogP contribution >= 0.6 is 0 Å². The summed E-state index contributed by atoms with van der Waals surface area (Å²) in [6.07, 6.45) is 0.287. The minimum absolute atomic E-state index is 0.134. The number of ether oxygens (including phenoxy) is 4. The summed E-state index contributed by atoms with van der Waals surface area (Å²) in [5.41, 5.74) is 1.70. The van der Waals surface area contributed by atoms with Crippen LogP contribution in [0.15, 0.2) is 83.8 Å². The van der Waals surface area contributed by atoms with Gasteiger partial charge in [0.05, 0.1) is 31.8 Å². The number of hydrogen-bond acceptors (Lipinski definition) is 8. The fraction of sp³-hybridized carbons (Fsp3) is 0.375. The van der Waals surface area contributed by atoms with Crippen LogP contribution in [0.5, 0.6) is 11.5 Å². The Morgan fingerprint density at radius 3 is 2.20 bits per heavy atom. The average molecular weight is 626 g/mol. The number of nitrogens with one attached hydrogen (secondary N) is 1. The molecule has 0 saturated carbocycles. The number of rotatable bonds is 15. The lowest BCUT2D eigenvalue weighted by Crippen LogP contribution is -2.52. The van der Waals surface area contributed by atoms with Gasteiger partial charge in [-0.2, -0.15) is 4.31 Å². The Balaban J connectivity index is 1.54. The fourth-order valence-electron chi connectivity index (χ4n) is 4.75. The van der Waals surface area contributed by atoms with Gasteiger partial charge >= 0.3 is 0 Å². The molecule has 1 fully saturated rings. The highest BCUT2D eigenvalue weighted by atomic mass is 32.2. The lowest BCUT2D eigenvalue weighted by molar-refractivity contribution is -0.142. The summed E-state index contributed by atoms with van der Waals surface area (Å²) in [5.74, 6) is 0.277. The maximum atomic E-state index is 13.8. The van der Waals surface area contributed by atoms with Gasteiger partial charge in [-0.1, -0.05) is 42.5 Å². The minimum Gasteiger partial charge on any atom is -0.497 e. The molecule has 1 N–H and O–H groups in total. The molecule has 236 valence electrons. The summed E-state index contributed by atoms with van der Waals surface area (Å²) in [6, 6.07) is 21.9. The lowest BCUT2D eigenvalue weighted by Gasteiger charge is -2.31. The predicted octanol–water partition coefficient (Wildman–Crippen LogP) is 2.50. The van der Waals surface area contributed by atoms with E-state index in [1.54, 1.807) is 26.4 Å². The van der Waals surface area contributed by atoms with E-state index in [2.05, 4.69) is 5.32 Å². The Morgan fingerprint density at radius 2 is 1.57 bits per heavy atom. The van der Waals surface area contributed by atoms with E-state index in [9.17, 15) is 18.0 Å². The molecule has 0 aliphatic carbocycles. The van der Waals surface area contributed by atoms with Gasteiger partial charge in [-0.05, 0) is 47.5 Å². The average Bonchev–Trinajstić information content (AvgIpc) is 3.06. The Hall–Kier alpha value is -3.97. The largest absolute Gasteiger partial charge is 0.497 e. The van der Waals surface area contributed by atoms with Crippen molar-refractivity contribution in [2.24, 2.45) is 0 Å². The second kappa shape index (κ2) is 16.2. The molecular formula is C32H39N3O8S. The van der Waals surface area contributed by atoms with Crippen LogP contribution in [-0.4, -0.2) is 95.8 Å². The van der Waals surface area contributed by atoms with E-state index in [1.807, 2.05) is 42.5 Å². The summed E-state index contributed by atoms with van der Waals surface area (Å²) in [7, 11) is -0.536. The number of amides is 2. The van der Waals surface area contributed by atoms with Crippen LogP contribution in [0.4, 0.5) is 0 Å². The molecule has 4 rings (SSSR count). The molecule has 3 aromatic carbocycles. The fourth-order valence-corrected chi connectivity index (χ4v) is 6.16. The molecule has 0 spiro atoms. The number of methoxy groups -OCH3 is 2. The normalized spacial score (nSPS) is 14.4. The number of carbonyl (C=O) groups excluding carboxylic acids is 2. The summed E-state index contributed by atoms with van der Waals surface area (Å²) in [6.45, 7) is 1.71. The molecule has 1 atom stereocenters. The number of hydrogen-bond donors (Lipinski definition) is 1. The van der Waals surface area contributed by atoms with Crippen LogP contribution < -0.4 is 14.8 Å². The van der Waals surface area contributed by atoms with Crippen molar-refractivity contribution in [2.75, 3.05) is 60.3 Å². The van der Waals surface area contributed by atoms with E-state index in [0.29, 0.717) is 51.0 Å². The van der Waals surface area contributed by atoms with Crippen LogP contribution in [-0.2, 0) is 42.1 Å². The zero-order valence-corrected chi connectivity index (χ0v) is 25.8. The lowest BCUT2D eigenvalue weighted by atomic mass is 10.0. The summed E-state index contributed by atoms with van der Waals surface area (Å²) >= 11 is 0. The summed E-state index contributed by atoms with van der Waals surface area (Å²) in [4.78, 5) is 28.9. The first-order chi connectivity index (χ1) is 21.3. The maximum absolute atomic E-state index is 13.8. The molecule has 1 aliphatic rings. The van der Waals surface area contributed by atoms with Crippen molar-refractivity contribution in [3.8, 4) is 11.5 Å². The van der Waals surface area contributed by atoms with Crippen LogP contribution in [0, 0.1) is 0 Å². The van der Waals surface area contributed by atoms with Gasteiger partial charge in [0.2, 0.25) is 15.9 Å². The van der Waals surface area contributed by atoms with Crippen molar-refractivity contribution in [1.82, 2.24) is 14.5 Å². The van der Waals surface area contributed by atoms with Crippen molar-refractivity contribution < 1.29 is 37.0 Å². The van der Waals surface area contributed by atoms with Gasteiger partial charge in [-0.25, -0.2) is 8.42 Å². The van der Waals surface area contributed by atoms with Gasteiger partial charge < -0.3 is 29.2 Å². The molecule has 0 aromatic heterocycles. The van der Waals surface area contributed by atoms with E-state index in [0.717, 1.165) is 11.1 Å². The van der Waals surface area contributed by atoms with Crippen LogP contribution in [0.3, 0.4) is 0 Å². The number of nitrogens with zero attached hydrogens (tertiary/aromatic N) is 2. The van der Waals surface area contributed by atoms with Gasteiger partial charge in [0.25, 0.3) is 5.91 Å². The Bertz CT molecular complexity index is 1450. The Morgan fingerprint density at radius 1 is 0.909 bits per heavy atom. The van der Waals surface area contributed by atoms with E-state index in [4.69, 9.17) is 18.9 Å². The molecule has 12 heteroatoms. The van der Waals surface area contributed by atoms with Gasteiger partial charge in [-0.3, -0.25) is 9.59 Å². The Labute approximate surface area is 258 Å². The van der Waals surface area contributed by atoms with Gasteiger partial charge in [0, 0.05) is 39.7 Å². The zero-order chi connectivity index (χ0) is 31.4. The molecular weight excluding hydrogens is 586 g/mol. The Kier molecular flexibility index (Phi) is 12.1. The molecule has 0 bridgehead atoms. The predicted molar refractivity (Wildman–Crippen MR) is 164 cm³/mol. The molecule has 11 nitrogen and oxygen atoms in total. The molecule has 1 saturated heterocycles. The molecule has 1 heterocycles. The standard InChI is InChI=1S/C32H39N3O8S/c1-40-19-16-33-32(37)30(22-25-6-4-3-5-7-25)35(23-26-8-10-27(41-2)11-9-26)31(36)24-43-28-12-14-29(15-13-28)44(38,39)34-17-20-42-21-18-34/h3-15,30H,16-24H2,1-2H3,(H,33,37)/t30-/m0/s1. The van der Waals surface area contributed by atoms with Crippen molar-refractivity contribution in [3.63, 3.8) is 0 Å². The maximum Gasteiger partial charge on any atom is 0.261 e. The number of carbonyl (C=O) groups is 2. The second-order valence-electron chi connectivity index (χ2n) is 10.1. The molecule has 3 aromatic rings. The van der Waals surface area contributed by atoms with E-state index in [1.165, 1.54) is 33.5 Å². The number of benzene rings is 3. The third kappa shape index (κ3) is 9.02. The first-order valence-electron chi connectivity index (χ1n) is 14.4. The van der Waals surface area contributed by atoms with E-state index < -0.39 is 22.0 Å². The van der Waals surface area contributed by atoms with E-state index >= 15 is 0 Å². The SMILES string of the molecule is COCCNC(=O)[C@H](Cc1ccccc1)N(Cc1ccc(OC)cc1)C(=O)COc1ccc(S(=O)(=O)N2CCOCC2)cc1. The molecule has 44 heavy (non-hydrogen) atoms. The molecule has 1 aliphatic heterocycles. The molecule has 0 unspecified atom stereocenters. The highest BCUT2D eigenvalue weighted by Crippen LogP contribution is 2.22. The van der Waals surface area contributed by atoms with Crippen molar-refractivity contribution in [3.05, 3.63) is 90.0 Å². The van der Waals surface area contributed by atoms with Crippen molar-refractivity contribution >= 4 is 21.8 Å². The molecule has 0 radical (unpaired) electrons. The first kappa shape index (κ1) is 32.9. The van der Waals surface area contributed by atoms with Crippen LogP contribution in [0.25, 0.3) is 0 Å². The monoisotopic (exact) mass is 625 g/mol. The van der Waals surface area contributed by atoms with Gasteiger partial charge in [0.15, 0.2) is 6.61 Å². The van der Waals surface area contributed by atoms with Crippen LogP contribution in [0.1, 0.15) is 11.1 Å². The smallest absolute Gasteiger partial charge is 0.261 e. The molecule has 2 amide bonds. The topological polar surface area (TPSA) is 124 Å². The van der Waals surface area contributed by atoms with Crippen molar-refractivity contribution in [2.45, 2.75) is 23.9 Å². The zero-order valence-electron chi connectivity index (χ0n) is 25.0. The van der Waals surface area contributed by atoms with Crippen LogP contribution in [0.2, 0.25) is 0 Å². The first-order valence-corrected chi connectivity index (χ1v) is 15.8.